The molecule has 0 saturated heterocycles. The van der Waals surface area contributed by atoms with Gasteiger partial charge in [0.2, 0.25) is 0 Å². The molecule has 0 radical (unpaired) electrons. The fourth-order valence-electron chi connectivity index (χ4n) is 2.71. The molecule has 1 aliphatic carbocycles. The Kier molecular flexibility index (Phi) is 3.46. The summed E-state index contributed by atoms with van der Waals surface area (Å²) in [7, 11) is 0. The molecule has 0 aliphatic heterocycles. The highest BCUT2D eigenvalue weighted by molar-refractivity contribution is 7.10. The molecule has 1 nitrogen and oxygen atoms in total. The number of carbonyl (C=O) groups excluding carboxylic acids is 1. The average Bonchev–Trinajstić information content (AvgIpc) is 2.89. The monoisotopic (exact) mass is 290 g/mol. The van der Waals surface area contributed by atoms with Gasteiger partial charge < -0.3 is 0 Å². The van der Waals surface area contributed by atoms with Crippen LogP contribution in [-0.4, -0.2) is 5.78 Å². The molecule has 0 N–H and O–H groups in total. The van der Waals surface area contributed by atoms with Crippen LogP contribution in [-0.2, 0) is 6.42 Å². The van der Waals surface area contributed by atoms with E-state index in [9.17, 15) is 4.79 Å². The van der Waals surface area contributed by atoms with Gasteiger partial charge in [0.05, 0.1) is 0 Å². The molecule has 19 heavy (non-hydrogen) atoms. The third kappa shape index (κ3) is 2.35. The molecule has 0 spiro atoms. The summed E-state index contributed by atoms with van der Waals surface area (Å²) in [5.41, 5.74) is 2.98. The molecule has 1 aromatic heterocycles. The number of ketones is 1. The first-order valence-electron chi connectivity index (χ1n) is 6.53. The fourth-order valence-corrected chi connectivity index (χ4v) is 3.87. The van der Waals surface area contributed by atoms with E-state index in [0.29, 0.717) is 5.02 Å². The summed E-state index contributed by atoms with van der Waals surface area (Å²) in [6.07, 6.45) is 3.17. The minimum Gasteiger partial charge on any atom is -0.293 e. The Balaban J connectivity index is 1.95. The van der Waals surface area contributed by atoms with Crippen LogP contribution in [0, 0.1) is 6.92 Å². The van der Waals surface area contributed by atoms with Crippen molar-refractivity contribution in [3.05, 3.63) is 56.2 Å². The molecule has 0 saturated carbocycles. The van der Waals surface area contributed by atoms with E-state index in [4.69, 9.17) is 11.6 Å². The third-order valence-corrected chi connectivity index (χ3v) is 5.23. The van der Waals surface area contributed by atoms with Crippen LogP contribution in [0.5, 0.6) is 0 Å². The summed E-state index contributed by atoms with van der Waals surface area (Å²) in [5.74, 6) is 0.232. The molecule has 0 fully saturated rings. The smallest absolute Gasteiger partial charge is 0.170 e. The van der Waals surface area contributed by atoms with Crippen LogP contribution in [0.15, 0.2) is 29.6 Å². The van der Waals surface area contributed by atoms with E-state index >= 15 is 0 Å². The number of halogens is 1. The first kappa shape index (κ1) is 12.9. The van der Waals surface area contributed by atoms with E-state index in [1.54, 1.807) is 17.4 Å². The standard InChI is InChI=1S/C16H15ClOS/c1-10-5-6-11(9-14(10)17)16(18)13-3-2-4-15-12(13)7-8-19-15/h5-9,13H,2-4H2,1H3. The molecule has 3 rings (SSSR count). The zero-order chi connectivity index (χ0) is 13.4. The van der Waals surface area contributed by atoms with Crippen LogP contribution in [0.4, 0.5) is 0 Å². The minimum atomic E-state index is 0.0220. The van der Waals surface area contributed by atoms with Crippen LogP contribution in [0.25, 0.3) is 0 Å². The van der Waals surface area contributed by atoms with Gasteiger partial charge in [-0.25, -0.2) is 0 Å². The second kappa shape index (κ2) is 5.10. The zero-order valence-electron chi connectivity index (χ0n) is 10.8. The highest BCUT2D eigenvalue weighted by atomic mass is 35.5. The Bertz CT molecular complexity index is 629. The second-order valence-electron chi connectivity index (χ2n) is 5.07. The van der Waals surface area contributed by atoms with Gasteiger partial charge in [-0.2, -0.15) is 0 Å². The molecule has 1 aliphatic rings. The van der Waals surface area contributed by atoms with E-state index in [0.717, 1.165) is 30.4 Å². The minimum absolute atomic E-state index is 0.0220. The number of hydrogen-bond acceptors (Lipinski definition) is 2. The van der Waals surface area contributed by atoms with Crippen molar-refractivity contribution in [1.29, 1.82) is 0 Å². The Labute approximate surface area is 122 Å². The Morgan fingerprint density at radius 1 is 1.37 bits per heavy atom. The summed E-state index contributed by atoms with van der Waals surface area (Å²) in [6.45, 7) is 1.95. The lowest BCUT2D eigenvalue weighted by atomic mass is 9.82. The SMILES string of the molecule is Cc1ccc(C(=O)C2CCCc3sccc32)cc1Cl. The average molecular weight is 291 g/mol. The van der Waals surface area contributed by atoms with Crippen molar-refractivity contribution >= 4 is 28.7 Å². The fraction of sp³-hybridized carbons (Fsp3) is 0.312. The van der Waals surface area contributed by atoms with Gasteiger partial charge in [-0.15, -0.1) is 11.3 Å². The van der Waals surface area contributed by atoms with Crippen LogP contribution < -0.4 is 0 Å². The lowest BCUT2D eigenvalue weighted by Crippen LogP contribution is -2.17. The van der Waals surface area contributed by atoms with E-state index in [2.05, 4.69) is 11.4 Å². The molecule has 0 bridgehead atoms. The largest absolute Gasteiger partial charge is 0.293 e. The maximum absolute atomic E-state index is 12.7. The number of fused-ring (bicyclic) bond motifs is 1. The molecular weight excluding hydrogens is 276 g/mol. The van der Waals surface area contributed by atoms with Crippen LogP contribution >= 0.6 is 22.9 Å². The Morgan fingerprint density at radius 2 is 2.21 bits per heavy atom. The lowest BCUT2D eigenvalue weighted by molar-refractivity contribution is 0.0951. The molecule has 98 valence electrons. The third-order valence-electron chi connectivity index (χ3n) is 3.82. The molecule has 3 heteroatoms. The van der Waals surface area contributed by atoms with Gasteiger partial charge in [-0.1, -0.05) is 23.7 Å². The maximum Gasteiger partial charge on any atom is 0.170 e. The van der Waals surface area contributed by atoms with Gasteiger partial charge in [0, 0.05) is 21.4 Å². The molecule has 1 atom stereocenters. The summed E-state index contributed by atoms with van der Waals surface area (Å²) in [6, 6.07) is 7.73. The number of aryl methyl sites for hydroxylation is 2. The maximum atomic E-state index is 12.7. The van der Waals surface area contributed by atoms with Gasteiger partial charge in [-0.3, -0.25) is 4.79 Å². The first-order valence-corrected chi connectivity index (χ1v) is 7.79. The quantitative estimate of drug-likeness (QED) is 0.710. The van der Waals surface area contributed by atoms with Crippen molar-refractivity contribution < 1.29 is 4.79 Å². The summed E-state index contributed by atoms with van der Waals surface area (Å²) in [5, 5.41) is 2.77. The van der Waals surface area contributed by atoms with Crippen LogP contribution in [0.3, 0.4) is 0 Å². The predicted molar refractivity (Wildman–Crippen MR) is 80.5 cm³/mol. The zero-order valence-corrected chi connectivity index (χ0v) is 12.4. The molecule has 1 heterocycles. The molecule has 2 aromatic rings. The van der Waals surface area contributed by atoms with E-state index < -0.39 is 0 Å². The normalized spacial score (nSPS) is 18.1. The topological polar surface area (TPSA) is 17.1 Å². The van der Waals surface area contributed by atoms with Crippen molar-refractivity contribution in [2.45, 2.75) is 32.1 Å². The highest BCUT2D eigenvalue weighted by Gasteiger charge is 2.28. The van der Waals surface area contributed by atoms with Crippen molar-refractivity contribution in [1.82, 2.24) is 0 Å². The lowest BCUT2D eigenvalue weighted by Gasteiger charge is -2.21. The van der Waals surface area contributed by atoms with E-state index in [1.807, 2.05) is 19.1 Å². The number of thiophene rings is 1. The van der Waals surface area contributed by atoms with Crippen molar-refractivity contribution in [3.63, 3.8) is 0 Å². The molecule has 1 unspecified atom stereocenters. The summed E-state index contributed by atoms with van der Waals surface area (Å²) < 4.78 is 0. The van der Waals surface area contributed by atoms with Gasteiger partial charge in [0.1, 0.15) is 0 Å². The van der Waals surface area contributed by atoms with E-state index in [1.165, 1.54) is 10.4 Å². The van der Waals surface area contributed by atoms with Gasteiger partial charge in [0.25, 0.3) is 0 Å². The molecule has 1 aromatic carbocycles. The summed E-state index contributed by atoms with van der Waals surface area (Å²) >= 11 is 7.89. The van der Waals surface area contributed by atoms with Crippen molar-refractivity contribution in [2.24, 2.45) is 0 Å². The summed E-state index contributed by atoms with van der Waals surface area (Å²) in [4.78, 5) is 14.0. The molecular formula is C16H15ClOS. The Morgan fingerprint density at radius 3 is 3.00 bits per heavy atom. The highest BCUT2D eigenvalue weighted by Crippen LogP contribution is 2.37. The number of Topliss-reactive ketones (excluding diaryl/α,β-unsaturated/α-hetero) is 1. The number of benzene rings is 1. The van der Waals surface area contributed by atoms with Crippen molar-refractivity contribution in [3.8, 4) is 0 Å². The first-order chi connectivity index (χ1) is 9.16. The van der Waals surface area contributed by atoms with Crippen LogP contribution in [0.2, 0.25) is 5.02 Å². The number of hydrogen-bond donors (Lipinski definition) is 0. The second-order valence-corrected chi connectivity index (χ2v) is 6.48. The van der Waals surface area contributed by atoms with Crippen LogP contribution in [0.1, 0.15) is 45.1 Å². The van der Waals surface area contributed by atoms with Crippen molar-refractivity contribution in [2.75, 3.05) is 0 Å². The van der Waals surface area contributed by atoms with Gasteiger partial charge in [-0.05, 0) is 54.8 Å². The Hall–Kier alpha value is -1.12. The van der Waals surface area contributed by atoms with Gasteiger partial charge >= 0.3 is 0 Å². The van der Waals surface area contributed by atoms with E-state index in [-0.39, 0.29) is 11.7 Å². The number of rotatable bonds is 2. The number of carbonyl (C=O) groups is 1. The predicted octanol–water partition coefficient (Wildman–Crippen LogP) is 5.01. The van der Waals surface area contributed by atoms with Gasteiger partial charge in [0.15, 0.2) is 5.78 Å². The molecule has 0 amide bonds.